The molecule has 0 spiro atoms. The number of fused-ring (bicyclic) bond motifs is 1. The SMILES string of the molecule is COc1cc(Cl)cc2c1OC(Cc1ccc(C)cc1)C2. The summed E-state index contributed by atoms with van der Waals surface area (Å²) >= 11 is 6.10. The molecule has 1 unspecified atom stereocenters. The highest BCUT2D eigenvalue weighted by atomic mass is 35.5. The molecule has 2 aromatic rings. The van der Waals surface area contributed by atoms with Crippen molar-refractivity contribution in [3.63, 3.8) is 0 Å². The lowest BCUT2D eigenvalue weighted by molar-refractivity contribution is 0.224. The third-order valence-electron chi connectivity index (χ3n) is 3.63. The number of halogens is 1. The minimum Gasteiger partial charge on any atom is -0.493 e. The van der Waals surface area contributed by atoms with Gasteiger partial charge in [-0.3, -0.25) is 0 Å². The van der Waals surface area contributed by atoms with E-state index in [4.69, 9.17) is 21.1 Å². The first kappa shape index (κ1) is 13.3. The van der Waals surface area contributed by atoms with E-state index in [2.05, 4.69) is 31.2 Å². The van der Waals surface area contributed by atoms with Crippen LogP contribution in [0.25, 0.3) is 0 Å². The fourth-order valence-corrected chi connectivity index (χ4v) is 2.85. The fraction of sp³-hybridized carbons (Fsp3) is 0.294. The molecule has 104 valence electrons. The van der Waals surface area contributed by atoms with E-state index >= 15 is 0 Å². The zero-order valence-electron chi connectivity index (χ0n) is 11.7. The second-order valence-electron chi connectivity index (χ2n) is 5.23. The van der Waals surface area contributed by atoms with Crippen molar-refractivity contribution in [2.45, 2.75) is 25.9 Å². The number of hydrogen-bond acceptors (Lipinski definition) is 2. The van der Waals surface area contributed by atoms with Crippen LogP contribution in [0.15, 0.2) is 36.4 Å². The Morgan fingerprint density at radius 2 is 2.00 bits per heavy atom. The molecule has 0 N–H and O–H groups in total. The minimum atomic E-state index is 0.153. The maximum absolute atomic E-state index is 6.10. The van der Waals surface area contributed by atoms with E-state index in [1.807, 2.05) is 6.07 Å². The molecule has 20 heavy (non-hydrogen) atoms. The summed E-state index contributed by atoms with van der Waals surface area (Å²) in [6.07, 6.45) is 1.93. The van der Waals surface area contributed by atoms with E-state index in [1.54, 1.807) is 13.2 Å². The normalized spacial score (nSPS) is 16.6. The monoisotopic (exact) mass is 288 g/mol. The van der Waals surface area contributed by atoms with Gasteiger partial charge in [0, 0.05) is 29.5 Å². The predicted molar refractivity (Wildman–Crippen MR) is 81.0 cm³/mol. The molecule has 0 saturated carbocycles. The number of rotatable bonds is 3. The van der Waals surface area contributed by atoms with Gasteiger partial charge in [0.2, 0.25) is 0 Å². The highest BCUT2D eigenvalue weighted by Gasteiger charge is 2.26. The summed E-state index contributed by atoms with van der Waals surface area (Å²) in [5.74, 6) is 1.56. The molecule has 2 nitrogen and oxygen atoms in total. The lowest BCUT2D eigenvalue weighted by atomic mass is 10.0. The Labute approximate surface area is 124 Å². The van der Waals surface area contributed by atoms with Crippen molar-refractivity contribution in [3.05, 3.63) is 58.1 Å². The molecular formula is C17H17ClO2. The van der Waals surface area contributed by atoms with E-state index in [-0.39, 0.29) is 6.10 Å². The zero-order valence-corrected chi connectivity index (χ0v) is 12.4. The molecule has 0 bridgehead atoms. The summed E-state index contributed by atoms with van der Waals surface area (Å²) in [7, 11) is 1.64. The molecular weight excluding hydrogens is 272 g/mol. The topological polar surface area (TPSA) is 18.5 Å². The number of methoxy groups -OCH3 is 1. The third-order valence-corrected chi connectivity index (χ3v) is 3.85. The van der Waals surface area contributed by atoms with Crippen molar-refractivity contribution in [1.82, 2.24) is 0 Å². The molecule has 3 heteroatoms. The van der Waals surface area contributed by atoms with Crippen LogP contribution in [-0.4, -0.2) is 13.2 Å². The Bertz CT molecular complexity index is 620. The third kappa shape index (κ3) is 2.61. The van der Waals surface area contributed by atoms with Gasteiger partial charge in [-0.2, -0.15) is 0 Å². The van der Waals surface area contributed by atoms with E-state index in [0.29, 0.717) is 5.02 Å². The van der Waals surface area contributed by atoms with Crippen LogP contribution >= 0.6 is 11.6 Å². The highest BCUT2D eigenvalue weighted by molar-refractivity contribution is 6.30. The van der Waals surface area contributed by atoms with Gasteiger partial charge in [-0.25, -0.2) is 0 Å². The van der Waals surface area contributed by atoms with E-state index in [1.165, 1.54) is 11.1 Å². The summed E-state index contributed by atoms with van der Waals surface area (Å²) in [6, 6.07) is 12.4. The van der Waals surface area contributed by atoms with Crippen molar-refractivity contribution < 1.29 is 9.47 Å². The van der Waals surface area contributed by atoms with Crippen LogP contribution in [0.2, 0.25) is 5.02 Å². The first-order valence-electron chi connectivity index (χ1n) is 6.74. The van der Waals surface area contributed by atoms with Crippen LogP contribution in [0.4, 0.5) is 0 Å². The van der Waals surface area contributed by atoms with E-state index < -0.39 is 0 Å². The van der Waals surface area contributed by atoms with Gasteiger partial charge < -0.3 is 9.47 Å². The molecule has 0 aliphatic carbocycles. The lowest BCUT2D eigenvalue weighted by Crippen LogP contribution is -2.16. The first-order chi connectivity index (χ1) is 9.65. The Hall–Kier alpha value is -1.67. The van der Waals surface area contributed by atoms with Crippen molar-refractivity contribution in [2.24, 2.45) is 0 Å². The zero-order chi connectivity index (χ0) is 14.1. The molecule has 0 amide bonds. The molecule has 3 rings (SSSR count). The number of ether oxygens (including phenoxy) is 2. The molecule has 0 fully saturated rings. The fourth-order valence-electron chi connectivity index (χ4n) is 2.61. The quantitative estimate of drug-likeness (QED) is 0.842. The molecule has 1 aliphatic rings. The van der Waals surface area contributed by atoms with Gasteiger partial charge >= 0.3 is 0 Å². The van der Waals surface area contributed by atoms with Crippen molar-refractivity contribution in [3.8, 4) is 11.5 Å². The molecule has 2 aromatic carbocycles. The number of aryl methyl sites for hydroxylation is 1. The lowest BCUT2D eigenvalue weighted by Gasteiger charge is -2.12. The summed E-state index contributed by atoms with van der Waals surface area (Å²) in [5, 5.41) is 0.695. The van der Waals surface area contributed by atoms with Crippen molar-refractivity contribution >= 4 is 11.6 Å². The summed E-state index contributed by atoms with van der Waals surface area (Å²) in [5.41, 5.74) is 3.70. The summed E-state index contributed by atoms with van der Waals surface area (Å²) < 4.78 is 11.4. The van der Waals surface area contributed by atoms with Gasteiger partial charge in [-0.15, -0.1) is 0 Å². The number of benzene rings is 2. The largest absolute Gasteiger partial charge is 0.493 e. The molecule has 1 atom stereocenters. The van der Waals surface area contributed by atoms with Crippen LogP contribution in [0, 0.1) is 6.92 Å². The standard InChI is InChI=1S/C17H17ClO2/c1-11-3-5-12(6-4-11)7-15-9-13-8-14(18)10-16(19-2)17(13)20-15/h3-6,8,10,15H,7,9H2,1-2H3. The van der Waals surface area contributed by atoms with Crippen LogP contribution in [0.3, 0.4) is 0 Å². The van der Waals surface area contributed by atoms with Crippen LogP contribution in [0.5, 0.6) is 11.5 Å². The minimum absolute atomic E-state index is 0.153. The molecule has 0 radical (unpaired) electrons. The predicted octanol–water partition coefficient (Wildman–Crippen LogP) is 4.20. The van der Waals surface area contributed by atoms with Crippen molar-refractivity contribution in [2.75, 3.05) is 7.11 Å². The summed E-state index contributed by atoms with van der Waals surface area (Å²) in [6.45, 7) is 2.10. The van der Waals surface area contributed by atoms with E-state index in [9.17, 15) is 0 Å². The van der Waals surface area contributed by atoms with Crippen LogP contribution < -0.4 is 9.47 Å². The van der Waals surface area contributed by atoms with Gasteiger partial charge in [-0.05, 0) is 18.6 Å². The molecule has 0 aromatic heterocycles. The Balaban J connectivity index is 1.78. The Morgan fingerprint density at radius 3 is 2.70 bits per heavy atom. The van der Waals surface area contributed by atoms with Gasteiger partial charge in [0.25, 0.3) is 0 Å². The Kier molecular flexibility index (Phi) is 3.58. The first-order valence-corrected chi connectivity index (χ1v) is 7.12. The van der Waals surface area contributed by atoms with Gasteiger partial charge in [0.15, 0.2) is 11.5 Å². The number of hydrogen-bond donors (Lipinski definition) is 0. The van der Waals surface area contributed by atoms with E-state index in [0.717, 1.165) is 29.9 Å². The molecule has 1 heterocycles. The average Bonchev–Trinajstić information content (AvgIpc) is 2.82. The van der Waals surface area contributed by atoms with Crippen molar-refractivity contribution in [1.29, 1.82) is 0 Å². The van der Waals surface area contributed by atoms with Gasteiger partial charge in [-0.1, -0.05) is 41.4 Å². The molecule has 1 aliphatic heterocycles. The summed E-state index contributed by atoms with van der Waals surface area (Å²) in [4.78, 5) is 0. The average molecular weight is 289 g/mol. The van der Waals surface area contributed by atoms with Crippen LogP contribution in [0.1, 0.15) is 16.7 Å². The van der Waals surface area contributed by atoms with Gasteiger partial charge in [0.05, 0.1) is 7.11 Å². The maximum Gasteiger partial charge on any atom is 0.165 e. The second kappa shape index (κ2) is 5.37. The van der Waals surface area contributed by atoms with Crippen LogP contribution in [-0.2, 0) is 12.8 Å². The highest BCUT2D eigenvalue weighted by Crippen LogP contribution is 2.40. The maximum atomic E-state index is 6.10. The second-order valence-corrected chi connectivity index (χ2v) is 5.67. The Morgan fingerprint density at radius 1 is 1.25 bits per heavy atom. The smallest absolute Gasteiger partial charge is 0.165 e. The van der Waals surface area contributed by atoms with Gasteiger partial charge in [0.1, 0.15) is 6.10 Å². The molecule has 0 saturated heterocycles.